The number of nitrogens with zero attached hydrogens (tertiary/aromatic N) is 4. The Morgan fingerprint density at radius 2 is 1.93 bits per heavy atom. The topological polar surface area (TPSA) is 141 Å². The Hall–Kier alpha value is -2.07. The Labute approximate surface area is 155 Å². The van der Waals surface area contributed by atoms with Crippen LogP contribution >= 0.6 is 7.60 Å². The molecule has 0 bridgehead atoms. The van der Waals surface area contributed by atoms with Crippen LogP contribution in [0.25, 0.3) is 0 Å². The molecule has 0 saturated heterocycles. The maximum absolute atomic E-state index is 12.5. The van der Waals surface area contributed by atoms with Crippen molar-refractivity contribution in [3.8, 4) is 0 Å². The van der Waals surface area contributed by atoms with Gasteiger partial charge in [0.15, 0.2) is 5.85 Å². The Bertz CT molecular complexity index is 910. The molecular formula is C15H24N5O6P. The zero-order chi connectivity index (χ0) is 20.0. The number of aryl methyl sites for hydroxylation is 2. The number of nitrogens with one attached hydrogen (secondary N) is 1. The molecule has 11 nitrogen and oxygen atoms in total. The maximum atomic E-state index is 12.5. The molecule has 0 aromatic carbocycles. The molecule has 1 unspecified atom stereocenters. The predicted molar refractivity (Wildman–Crippen MR) is 96.7 cm³/mol. The van der Waals surface area contributed by atoms with Crippen LogP contribution in [0.2, 0.25) is 0 Å². The first-order chi connectivity index (χ1) is 12.8. The standard InChI is InChI=1S/C15H24N5O6P/c1-4-25-27(24,26-5-2)13(21)6-7-20-10-12(17-18-20)9-19-8-11(3)14(22)16-15(19)23/h8,10,13,21H,4-7,9H2,1-3H3,(H,16,22,23). The zero-order valence-electron chi connectivity index (χ0n) is 15.5. The van der Waals surface area contributed by atoms with Crippen molar-refractivity contribution >= 4 is 7.60 Å². The van der Waals surface area contributed by atoms with Gasteiger partial charge in [0.05, 0.1) is 26.0 Å². The number of rotatable bonds is 10. The van der Waals surface area contributed by atoms with Crippen LogP contribution < -0.4 is 11.2 Å². The largest absolute Gasteiger partial charge is 0.380 e. The van der Waals surface area contributed by atoms with Gasteiger partial charge in [0.25, 0.3) is 5.56 Å². The second-order valence-electron chi connectivity index (χ2n) is 5.82. The van der Waals surface area contributed by atoms with E-state index >= 15 is 0 Å². The van der Waals surface area contributed by atoms with E-state index in [0.717, 1.165) is 0 Å². The summed E-state index contributed by atoms with van der Waals surface area (Å²) in [6.07, 6.45) is 3.15. The monoisotopic (exact) mass is 401 g/mol. The number of H-pyrrole nitrogens is 1. The van der Waals surface area contributed by atoms with Crippen LogP contribution in [0.4, 0.5) is 0 Å². The number of hydrogen-bond donors (Lipinski definition) is 2. The summed E-state index contributed by atoms with van der Waals surface area (Å²) in [5.74, 6) is -1.28. The SMILES string of the molecule is CCOP(=O)(OCC)C(O)CCn1cc(Cn2cc(C)c(=O)[nH]c2=O)nn1. The van der Waals surface area contributed by atoms with E-state index in [9.17, 15) is 19.3 Å². The van der Waals surface area contributed by atoms with Gasteiger partial charge in [-0.15, -0.1) is 5.10 Å². The van der Waals surface area contributed by atoms with Gasteiger partial charge in [-0.3, -0.25) is 23.6 Å². The fraction of sp³-hybridized carbons (Fsp3) is 0.600. The van der Waals surface area contributed by atoms with Crippen molar-refractivity contribution in [3.05, 3.63) is 44.5 Å². The summed E-state index contributed by atoms with van der Waals surface area (Å²) < 4.78 is 25.5. The van der Waals surface area contributed by atoms with Gasteiger partial charge >= 0.3 is 13.3 Å². The van der Waals surface area contributed by atoms with E-state index in [1.165, 1.54) is 15.4 Å². The van der Waals surface area contributed by atoms with Crippen molar-refractivity contribution in [1.82, 2.24) is 24.5 Å². The average molecular weight is 401 g/mol. The fourth-order valence-electron chi connectivity index (χ4n) is 2.41. The third-order valence-electron chi connectivity index (χ3n) is 3.71. The molecule has 27 heavy (non-hydrogen) atoms. The normalized spacial score (nSPS) is 13.0. The lowest BCUT2D eigenvalue weighted by Gasteiger charge is -2.22. The molecular weight excluding hydrogens is 377 g/mol. The first-order valence-electron chi connectivity index (χ1n) is 8.55. The minimum absolute atomic E-state index is 0.0950. The van der Waals surface area contributed by atoms with E-state index < -0.39 is 24.7 Å². The van der Waals surface area contributed by atoms with E-state index in [1.54, 1.807) is 27.0 Å². The van der Waals surface area contributed by atoms with Gasteiger partial charge in [0, 0.05) is 24.7 Å². The van der Waals surface area contributed by atoms with Gasteiger partial charge in [-0.1, -0.05) is 5.21 Å². The quantitative estimate of drug-likeness (QED) is 0.547. The maximum Gasteiger partial charge on any atom is 0.358 e. The summed E-state index contributed by atoms with van der Waals surface area (Å²) >= 11 is 0. The molecule has 0 amide bonds. The second kappa shape index (κ2) is 9.23. The van der Waals surface area contributed by atoms with Crippen LogP contribution in [0.1, 0.15) is 31.5 Å². The molecule has 0 aliphatic rings. The van der Waals surface area contributed by atoms with Crippen molar-refractivity contribution in [2.75, 3.05) is 13.2 Å². The third-order valence-corrected chi connectivity index (χ3v) is 5.93. The first kappa shape index (κ1) is 21.2. The van der Waals surface area contributed by atoms with Gasteiger partial charge < -0.3 is 14.2 Å². The molecule has 2 heterocycles. The number of aromatic amines is 1. The van der Waals surface area contributed by atoms with Gasteiger partial charge in [-0.25, -0.2) is 4.79 Å². The van der Waals surface area contributed by atoms with Gasteiger partial charge in [0.2, 0.25) is 0 Å². The Morgan fingerprint density at radius 3 is 2.56 bits per heavy atom. The summed E-state index contributed by atoms with van der Waals surface area (Å²) in [5, 5.41) is 18.1. The van der Waals surface area contributed by atoms with Crippen molar-refractivity contribution in [2.45, 2.75) is 46.1 Å². The van der Waals surface area contributed by atoms with Crippen LogP contribution in [0.15, 0.2) is 22.0 Å². The van der Waals surface area contributed by atoms with Crippen LogP contribution in [0, 0.1) is 6.92 Å². The van der Waals surface area contributed by atoms with Crippen molar-refractivity contribution in [2.24, 2.45) is 0 Å². The van der Waals surface area contributed by atoms with Gasteiger partial charge in [-0.2, -0.15) is 0 Å². The van der Waals surface area contributed by atoms with E-state index in [1.807, 2.05) is 0 Å². The second-order valence-corrected chi connectivity index (χ2v) is 8.01. The number of aliphatic hydroxyl groups excluding tert-OH is 1. The zero-order valence-corrected chi connectivity index (χ0v) is 16.4. The molecule has 2 N–H and O–H groups in total. The van der Waals surface area contributed by atoms with Crippen molar-refractivity contribution in [3.63, 3.8) is 0 Å². The van der Waals surface area contributed by atoms with E-state index in [0.29, 0.717) is 11.3 Å². The average Bonchev–Trinajstić information content (AvgIpc) is 3.05. The summed E-state index contributed by atoms with van der Waals surface area (Å²) in [5.41, 5.74) is -0.0598. The Morgan fingerprint density at radius 1 is 1.26 bits per heavy atom. The van der Waals surface area contributed by atoms with Crippen molar-refractivity contribution < 1.29 is 18.7 Å². The lowest BCUT2D eigenvalue weighted by Crippen LogP contribution is -2.31. The summed E-state index contributed by atoms with van der Waals surface area (Å²) in [6, 6.07) is 0. The summed E-state index contributed by atoms with van der Waals surface area (Å²) in [6.45, 7) is 5.63. The molecule has 2 aromatic rings. The molecule has 0 spiro atoms. The van der Waals surface area contributed by atoms with Crippen LogP contribution in [-0.4, -0.2) is 48.7 Å². The highest BCUT2D eigenvalue weighted by molar-refractivity contribution is 7.54. The molecule has 150 valence electrons. The van der Waals surface area contributed by atoms with E-state index in [-0.39, 0.29) is 32.7 Å². The number of aromatic nitrogens is 5. The highest BCUT2D eigenvalue weighted by Gasteiger charge is 2.33. The van der Waals surface area contributed by atoms with Crippen LogP contribution in [0.5, 0.6) is 0 Å². The third kappa shape index (κ3) is 5.46. The highest BCUT2D eigenvalue weighted by Crippen LogP contribution is 2.53. The van der Waals surface area contributed by atoms with Gasteiger partial charge in [0.1, 0.15) is 5.69 Å². The van der Waals surface area contributed by atoms with Crippen molar-refractivity contribution in [1.29, 1.82) is 0 Å². The highest BCUT2D eigenvalue weighted by atomic mass is 31.2. The molecule has 0 fully saturated rings. The lowest BCUT2D eigenvalue weighted by molar-refractivity contribution is 0.140. The van der Waals surface area contributed by atoms with Gasteiger partial charge in [-0.05, 0) is 20.8 Å². The molecule has 1 atom stereocenters. The molecule has 0 saturated carbocycles. The van der Waals surface area contributed by atoms with E-state index in [2.05, 4.69) is 15.3 Å². The molecule has 0 radical (unpaired) electrons. The molecule has 12 heteroatoms. The first-order valence-corrected chi connectivity index (χ1v) is 10.2. The Kier molecular flexibility index (Phi) is 7.25. The van der Waals surface area contributed by atoms with Crippen LogP contribution in [0.3, 0.4) is 0 Å². The molecule has 0 aliphatic heterocycles. The lowest BCUT2D eigenvalue weighted by atomic mass is 10.3. The van der Waals surface area contributed by atoms with E-state index in [4.69, 9.17) is 9.05 Å². The van der Waals surface area contributed by atoms with Crippen LogP contribution in [-0.2, 0) is 26.7 Å². The Balaban J connectivity index is 2.02. The fourth-order valence-corrected chi connectivity index (χ4v) is 3.98. The number of aliphatic hydroxyl groups is 1. The molecule has 2 aromatic heterocycles. The molecule has 2 rings (SSSR count). The smallest absolute Gasteiger partial charge is 0.358 e. The minimum atomic E-state index is -3.60. The number of hydrogen-bond acceptors (Lipinski definition) is 8. The predicted octanol–water partition coefficient (Wildman–Crippen LogP) is 0.459. The summed E-state index contributed by atoms with van der Waals surface area (Å²) in [4.78, 5) is 25.4. The minimum Gasteiger partial charge on any atom is -0.380 e. The molecule has 0 aliphatic carbocycles. The summed E-state index contributed by atoms with van der Waals surface area (Å²) in [7, 11) is -3.60.